The predicted octanol–water partition coefficient (Wildman–Crippen LogP) is 1.63. The van der Waals surface area contributed by atoms with Crippen molar-refractivity contribution in [2.75, 3.05) is 12.0 Å². The van der Waals surface area contributed by atoms with Crippen molar-refractivity contribution >= 4 is 17.7 Å². The maximum absolute atomic E-state index is 10.5. The smallest absolute Gasteiger partial charge is 0.303 e. The SMILES string of the molecule is CSCCc1nnc(CC(C)CC(=O)O)o1. The zero-order chi connectivity index (χ0) is 12.0. The molecule has 0 fully saturated rings. The fourth-order valence-corrected chi connectivity index (χ4v) is 1.71. The van der Waals surface area contributed by atoms with Crippen LogP contribution in [0.5, 0.6) is 0 Å². The van der Waals surface area contributed by atoms with E-state index in [1.807, 2.05) is 13.2 Å². The summed E-state index contributed by atoms with van der Waals surface area (Å²) in [4.78, 5) is 10.5. The minimum atomic E-state index is -0.797. The highest BCUT2D eigenvalue weighted by atomic mass is 32.2. The molecule has 0 saturated heterocycles. The monoisotopic (exact) mass is 244 g/mol. The summed E-state index contributed by atoms with van der Waals surface area (Å²) in [5.41, 5.74) is 0. The summed E-state index contributed by atoms with van der Waals surface area (Å²) < 4.78 is 5.41. The second-order valence-electron chi connectivity index (χ2n) is 3.74. The second kappa shape index (κ2) is 6.52. The van der Waals surface area contributed by atoms with Crippen LogP contribution in [0.2, 0.25) is 0 Å². The Morgan fingerprint density at radius 3 is 2.81 bits per heavy atom. The summed E-state index contributed by atoms with van der Waals surface area (Å²) in [6.45, 7) is 1.86. The van der Waals surface area contributed by atoms with Gasteiger partial charge in [-0.2, -0.15) is 11.8 Å². The molecule has 0 spiro atoms. The highest BCUT2D eigenvalue weighted by Gasteiger charge is 2.13. The first kappa shape index (κ1) is 13.0. The van der Waals surface area contributed by atoms with Gasteiger partial charge in [0.05, 0.1) is 0 Å². The Morgan fingerprint density at radius 2 is 2.19 bits per heavy atom. The molecule has 0 amide bonds. The van der Waals surface area contributed by atoms with E-state index in [0.29, 0.717) is 18.2 Å². The van der Waals surface area contributed by atoms with Crippen LogP contribution in [0.4, 0.5) is 0 Å². The molecular formula is C10H16N2O3S. The van der Waals surface area contributed by atoms with E-state index in [9.17, 15) is 4.79 Å². The number of carboxylic acid groups (broad SMARTS) is 1. The average Bonchev–Trinajstić information content (AvgIpc) is 2.61. The van der Waals surface area contributed by atoms with Gasteiger partial charge in [-0.05, 0) is 12.2 Å². The zero-order valence-corrected chi connectivity index (χ0v) is 10.3. The first-order valence-corrected chi connectivity index (χ1v) is 6.53. The molecular weight excluding hydrogens is 228 g/mol. The van der Waals surface area contributed by atoms with E-state index in [4.69, 9.17) is 9.52 Å². The molecule has 1 atom stereocenters. The summed E-state index contributed by atoms with van der Waals surface area (Å²) in [5.74, 6) is 1.34. The standard InChI is InChI=1S/C10H16N2O3S/c1-7(6-10(13)14)5-9-12-11-8(15-9)3-4-16-2/h7H,3-6H2,1-2H3,(H,13,14). The molecule has 0 saturated carbocycles. The molecule has 0 aromatic carbocycles. The lowest BCUT2D eigenvalue weighted by Gasteiger charge is -2.03. The van der Waals surface area contributed by atoms with Gasteiger partial charge in [-0.25, -0.2) is 0 Å². The van der Waals surface area contributed by atoms with Gasteiger partial charge in [0.2, 0.25) is 11.8 Å². The Labute approximate surface area is 98.6 Å². The fraction of sp³-hybridized carbons (Fsp3) is 0.700. The predicted molar refractivity (Wildman–Crippen MR) is 61.5 cm³/mol. The van der Waals surface area contributed by atoms with Crippen LogP contribution in [0, 0.1) is 5.92 Å². The van der Waals surface area contributed by atoms with E-state index < -0.39 is 5.97 Å². The van der Waals surface area contributed by atoms with E-state index >= 15 is 0 Å². The number of nitrogens with zero attached hydrogens (tertiary/aromatic N) is 2. The number of carboxylic acids is 1. The third-order valence-electron chi connectivity index (χ3n) is 2.07. The van der Waals surface area contributed by atoms with Crippen LogP contribution in [-0.4, -0.2) is 33.3 Å². The Balaban J connectivity index is 2.42. The largest absolute Gasteiger partial charge is 0.481 e. The number of thioether (sulfide) groups is 1. The third kappa shape index (κ3) is 4.65. The van der Waals surface area contributed by atoms with Crippen LogP contribution in [0.25, 0.3) is 0 Å². The van der Waals surface area contributed by atoms with Gasteiger partial charge in [0.1, 0.15) is 0 Å². The maximum Gasteiger partial charge on any atom is 0.303 e. The third-order valence-corrected chi connectivity index (χ3v) is 2.69. The quantitative estimate of drug-likeness (QED) is 0.785. The molecule has 1 unspecified atom stereocenters. The van der Waals surface area contributed by atoms with Crippen LogP contribution in [0.3, 0.4) is 0 Å². The Bertz CT molecular complexity index is 341. The molecule has 0 aliphatic carbocycles. The van der Waals surface area contributed by atoms with Crippen molar-refractivity contribution in [1.29, 1.82) is 0 Å². The van der Waals surface area contributed by atoms with E-state index in [0.717, 1.165) is 12.2 Å². The number of aliphatic carboxylic acids is 1. The highest BCUT2D eigenvalue weighted by molar-refractivity contribution is 7.98. The number of hydrogen-bond donors (Lipinski definition) is 1. The Morgan fingerprint density at radius 1 is 1.50 bits per heavy atom. The van der Waals surface area contributed by atoms with Gasteiger partial charge in [-0.3, -0.25) is 4.79 Å². The fourth-order valence-electron chi connectivity index (χ4n) is 1.33. The number of rotatable bonds is 7. The highest BCUT2D eigenvalue weighted by Crippen LogP contribution is 2.11. The van der Waals surface area contributed by atoms with E-state index in [1.54, 1.807) is 11.8 Å². The summed E-state index contributed by atoms with van der Waals surface area (Å²) >= 11 is 1.72. The lowest BCUT2D eigenvalue weighted by Crippen LogP contribution is -2.07. The molecule has 16 heavy (non-hydrogen) atoms. The van der Waals surface area contributed by atoms with Gasteiger partial charge < -0.3 is 9.52 Å². The lowest BCUT2D eigenvalue weighted by molar-refractivity contribution is -0.137. The second-order valence-corrected chi connectivity index (χ2v) is 4.73. The normalized spacial score (nSPS) is 12.6. The van der Waals surface area contributed by atoms with Crippen molar-refractivity contribution < 1.29 is 14.3 Å². The van der Waals surface area contributed by atoms with Gasteiger partial charge in [0.25, 0.3) is 0 Å². The number of aryl methyl sites for hydroxylation is 1. The van der Waals surface area contributed by atoms with Crippen molar-refractivity contribution in [3.8, 4) is 0 Å². The van der Waals surface area contributed by atoms with Crippen LogP contribution < -0.4 is 0 Å². The lowest BCUT2D eigenvalue weighted by atomic mass is 10.0. The molecule has 1 heterocycles. The minimum Gasteiger partial charge on any atom is -0.481 e. The summed E-state index contributed by atoms with van der Waals surface area (Å²) in [5, 5.41) is 16.4. The summed E-state index contributed by atoms with van der Waals surface area (Å²) in [7, 11) is 0. The van der Waals surface area contributed by atoms with Gasteiger partial charge in [-0.1, -0.05) is 6.92 Å². The molecule has 0 radical (unpaired) electrons. The van der Waals surface area contributed by atoms with Crippen molar-refractivity contribution in [2.24, 2.45) is 5.92 Å². The van der Waals surface area contributed by atoms with Crippen LogP contribution >= 0.6 is 11.8 Å². The Hall–Kier alpha value is -1.04. The summed E-state index contributed by atoms with van der Waals surface area (Å²) in [6.07, 6.45) is 3.44. The van der Waals surface area contributed by atoms with Crippen molar-refractivity contribution in [2.45, 2.75) is 26.2 Å². The zero-order valence-electron chi connectivity index (χ0n) is 9.47. The maximum atomic E-state index is 10.5. The first-order chi connectivity index (χ1) is 7.61. The van der Waals surface area contributed by atoms with E-state index in [2.05, 4.69) is 10.2 Å². The van der Waals surface area contributed by atoms with Gasteiger partial charge in [-0.15, -0.1) is 10.2 Å². The minimum absolute atomic E-state index is 0.0198. The first-order valence-electron chi connectivity index (χ1n) is 5.13. The molecule has 90 valence electrons. The molecule has 5 nitrogen and oxygen atoms in total. The van der Waals surface area contributed by atoms with Crippen molar-refractivity contribution in [3.05, 3.63) is 11.8 Å². The summed E-state index contributed by atoms with van der Waals surface area (Å²) in [6, 6.07) is 0. The number of carbonyl (C=O) groups is 1. The van der Waals surface area contributed by atoms with Crippen molar-refractivity contribution in [1.82, 2.24) is 10.2 Å². The molecule has 1 N–H and O–H groups in total. The van der Waals surface area contributed by atoms with Crippen LogP contribution in [0.15, 0.2) is 4.42 Å². The average molecular weight is 244 g/mol. The van der Waals surface area contributed by atoms with Gasteiger partial charge in [0, 0.05) is 25.0 Å². The Kier molecular flexibility index (Phi) is 5.31. The van der Waals surface area contributed by atoms with Gasteiger partial charge >= 0.3 is 5.97 Å². The molecule has 0 aliphatic heterocycles. The topological polar surface area (TPSA) is 76.2 Å². The molecule has 1 aromatic heterocycles. The van der Waals surface area contributed by atoms with Crippen LogP contribution in [0.1, 0.15) is 25.1 Å². The molecule has 6 heteroatoms. The van der Waals surface area contributed by atoms with Crippen molar-refractivity contribution in [3.63, 3.8) is 0 Å². The van der Waals surface area contributed by atoms with Gasteiger partial charge in [0.15, 0.2) is 0 Å². The van der Waals surface area contributed by atoms with E-state index in [-0.39, 0.29) is 12.3 Å². The van der Waals surface area contributed by atoms with E-state index in [1.165, 1.54) is 0 Å². The number of aromatic nitrogens is 2. The molecule has 0 bridgehead atoms. The molecule has 1 rings (SSSR count). The van der Waals surface area contributed by atoms with Crippen LogP contribution in [-0.2, 0) is 17.6 Å². The molecule has 1 aromatic rings. The molecule has 0 aliphatic rings. The number of hydrogen-bond acceptors (Lipinski definition) is 5.